The first-order chi connectivity index (χ1) is 11.6. The standard InChI is InChI=1S/C16H16N4O4/c1-2-13(21)20-7-6-11(9-20)15(22)17-12-5-3-4-10(8-12)14-18-16(23)24-19-14/h2-5,8,11H,1,6-7,9H2,(H,17,22)(H,18,19,23). The Labute approximate surface area is 137 Å². The van der Waals surface area contributed by atoms with Crippen LogP contribution in [0.1, 0.15) is 6.42 Å². The Bertz CT molecular complexity index is 838. The molecule has 1 saturated heterocycles. The summed E-state index contributed by atoms with van der Waals surface area (Å²) >= 11 is 0. The van der Waals surface area contributed by atoms with E-state index in [0.717, 1.165) is 0 Å². The summed E-state index contributed by atoms with van der Waals surface area (Å²) in [7, 11) is 0. The highest BCUT2D eigenvalue weighted by Crippen LogP contribution is 2.22. The molecule has 1 fully saturated rings. The molecule has 124 valence electrons. The van der Waals surface area contributed by atoms with Gasteiger partial charge in [-0.25, -0.2) is 4.79 Å². The Morgan fingerprint density at radius 1 is 1.46 bits per heavy atom. The van der Waals surface area contributed by atoms with E-state index in [4.69, 9.17) is 0 Å². The number of likely N-dealkylation sites (tertiary alicyclic amines) is 1. The highest BCUT2D eigenvalue weighted by atomic mass is 16.5. The molecule has 8 nitrogen and oxygen atoms in total. The highest BCUT2D eigenvalue weighted by Gasteiger charge is 2.30. The largest absolute Gasteiger partial charge is 0.439 e. The summed E-state index contributed by atoms with van der Waals surface area (Å²) in [6.07, 6.45) is 1.87. The molecule has 0 radical (unpaired) electrons. The number of rotatable bonds is 4. The van der Waals surface area contributed by atoms with Gasteiger partial charge in [0.25, 0.3) is 0 Å². The minimum Gasteiger partial charge on any atom is -0.338 e. The molecular formula is C16H16N4O4. The van der Waals surface area contributed by atoms with E-state index in [9.17, 15) is 14.4 Å². The molecule has 2 heterocycles. The van der Waals surface area contributed by atoms with Gasteiger partial charge < -0.3 is 10.2 Å². The van der Waals surface area contributed by atoms with Crippen LogP contribution in [0.4, 0.5) is 5.69 Å². The molecule has 2 aromatic rings. The number of anilines is 1. The van der Waals surface area contributed by atoms with Gasteiger partial charge in [0.1, 0.15) is 0 Å². The van der Waals surface area contributed by atoms with Crippen molar-refractivity contribution in [3.8, 4) is 11.4 Å². The number of hydrogen-bond acceptors (Lipinski definition) is 5. The van der Waals surface area contributed by atoms with Gasteiger partial charge in [-0.05, 0) is 24.6 Å². The summed E-state index contributed by atoms with van der Waals surface area (Å²) in [5, 5.41) is 6.44. The van der Waals surface area contributed by atoms with Crippen molar-refractivity contribution in [2.45, 2.75) is 6.42 Å². The topological polar surface area (TPSA) is 108 Å². The summed E-state index contributed by atoms with van der Waals surface area (Å²) < 4.78 is 4.47. The Hall–Kier alpha value is -3.16. The van der Waals surface area contributed by atoms with Crippen LogP contribution in [0, 0.1) is 5.92 Å². The molecular weight excluding hydrogens is 312 g/mol. The van der Waals surface area contributed by atoms with Gasteiger partial charge in [0.05, 0.1) is 5.92 Å². The number of hydrogen-bond donors (Lipinski definition) is 2. The smallest absolute Gasteiger partial charge is 0.338 e. The van der Waals surface area contributed by atoms with E-state index in [1.165, 1.54) is 6.08 Å². The molecule has 1 aromatic heterocycles. The molecule has 1 unspecified atom stereocenters. The third-order valence-electron chi connectivity index (χ3n) is 3.89. The zero-order valence-electron chi connectivity index (χ0n) is 12.8. The van der Waals surface area contributed by atoms with Crippen molar-refractivity contribution in [3.05, 3.63) is 47.5 Å². The molecule has 1 aliphatic heterocycles. The van der Waals surface area contributed by atoms with Gasteiger partial charge in [-0.3, -0.25) is 19.1 Å². The minimum absolute atomic E-state index is 0.153. The number of H-pyrrole nitrogens is 1. The maximum atomic E-state index is 12.4. The second-order valence-electron chi connectivity index (χ2n) is 5.49. The third kappa shape index (κ3) is 3.27. The maximum Gasteiger partial charge on any atom is 0.439 e. The lowest BCUT2D eigenvalue weighted by molar-refractivity contribution is -0.125. The number of carbonyl (C=O) groups excluding carboxylic acids is 2. The van der Waals surface area contributed by atoms with Crippen LogP contribution >= 0.6 is 0 Å². The summed E-state index contributed by atoms with van der Waals surface area (Å²) in [5.74, 6) is -0.927. The van der Waals surface area contributed by atoms with Gasteiger partial charge in [-0.15, -0.1) is 0 Å². The molecule has 1 atom stereocenters. The number of amides is 2. The lowest BCUT2D eigenvalue weighted by Gasteiger charge is -2.14. The number of nitrogens with one attached hydrogen (secondary N) is 2. The summed E-state index contributed by atoms with van der Waals surface area (Å²) in [4.78, 5) is 39.0. The fourth-order valence-electron chi connectivity index (χ4n) is 2.65. The molecule has 3 rings (SSSR count). The summed E-state index contributed by atoms with van der Waals surface area (Å²) in [6.45, 7) is 4.38. The fraction of sp³-hybridized carbons (Fsp3) is 0.250. The first kappa shape index (κ1) is 15.7. The van der Waals surface area contributed by atoms with Gasteiger partial charge in [-0.2, -0.15) is 0 Å². The van der Waals surface area contributed by atoms with Gasteiger partial charge >= 0.3 is 5.76 Å². The van der Waals surface area contributed by atoms with E-state index < -0.39 is 5.76 Å². The molecule has 0 bridgehead atoms. The van der Waals surface area contributed by atoms with Crippen LogP contribution in [-0.4, -0.2) is 39.9 Å². The highest BCUT2D eigenvalue weighted by molar-refractivity contribution is 5.94. The first-order valence-corrected chi connectivity index (χ1v) is 7.45. The van der Waals surface area contributed by atoms with Gasteiger partial charge in [0, 0.05) is 24.3 Å². The van der Waals surface area contributed by atoms with Crippen molar-refractivity contribution in [2.24, 2.45) is 5.92 Å². The van der Waals surface area contributed by atoms with Crippen LogP contribution in [0.2, 0.25) is 0 Å². The Morgan fingerprint density at radius 3 is 3.00 bits per heavy atom. The van der Waals surface area contributed by atoms with Gasteiger partial charge in [0.2, 0.25) is 11.8 Å². The molecule has 24 heavy (non-hydrogen) atoms. The molecule has 0 saturated carbocycles. The fourth-order valence-corrected chi connectivity index (χ4v) is 2.65. The molecule has 1 aromatic carbocycles. The summed E-state index contributed by atoms with van der Waals surface area (Å²) in [5.41, 5.74) is 1.20. The van der Waals surface area contributed by atoms with Crippen molar-refractivity contribution in [3.63, 3.8) is 0 Å². The molecule has 8 heteroatoms. The minimum atomic E-state index is -0.641. The number of nitrogens with zero attached hydrogens (tertiary/aromatic N) is 2. The van der Waals surface area contributed by atoms with Gasteiger partial charge in [0.15, 0.2) is 5.82 Å². The number of aromatic amines is 1. The Kier molecular flexibility index (Phi) is 4.28. The molecule has 0 spiro atoms. The normalized spacial score (nSPS) is 16.8. The van der Waals surface area contributed by atoms with Crippen molar-refractivity contribution in [2.75, 3.05) is 18.4 Å². The number of aromatic nitrogens is 2. The predicted molar refractivity (Wildman–Crippen MR) is 86.1 cm³/mol. The average Bonchev–Trinajstić information content (AvgIpc) is 3.23. The van der Waals surface area contributed by atoms with E-state index in [-0.39, 0.29) is 17.7 Å². The monoisotopic (exact) mass is 328 g/mol. The van der Waals surface area contributed by atoms with E-state index in [2.05, 4.69) is 26.6 Å². The van der Waals surface area contributed by atoms with E-state index >= 15 is 0 Å². The van der Waals surface area contributed by atoms with Crippen LogP contribution in [0.15, 0.2) is 46.2 Å². The van der Waals surface area contributed by atoms with Crippen molar-refractivity contribution in [1.29, 1.82) is 0 Å². The summed E-state index contributed by atoms with van der Waals surface area (Å²) in [6, 6.07) is 6.90. The SMILES string of the molecule is C=CC(=O)N1CCC(C(=O)Nc2cccc(-c3noc(=O)[nH]3)c2)C1. The average molecular weight is 328 g/mol. The third-order valence-corrected chi connectivity index (χ3v) is 3.89. The molecule has 2 N–H and O–H groups in total. The zero-order valence-corrected chi connectivity index (χ0v) is 12.8. The quantitative estimate of drug-likeness (QED) is 0.814. The number of carbonyl (C=O) groups is 2. The van der Waals surface area contributed by atoms with Crippen molar-refractivity contribution >= 4 is 17.5 Å². The van der Waals surface area contributed by atoms with E-state index in [0.29, 0.717) is 36.6 Å². The van der Waals surface area contributed by atoms with Crippen LogP contribution in [-0.2, 0) is 9.59 Å². The second-order valence-corrected chi connectivity index (χ2v) is 5.49. The molecule has 1 aliphatic rings. The van der Waals surface area contributed by atoms with Crippen LogP contribution in [0.5, 0.6) is 0 Å². The molecule has 0 aliphatic carbocycles. The van der Waals surface area contributed by atoms with Gasteiger partial charge in [-0.1, -0.05) is 23.9 Å². The first-order valence-electron chi connectivity index (χ1n) is 7.45. The Balaban J connectivity index is 1.68. The second kappa shape index (κ2) is 6.53. The number of benzene rings is 1. The maximum absolute atomic E-state index is 12.4. The van der Waals surface area contributed by atoms with E-state index in [1.54, 1.807) is 29.2 Å². The molecule has 2 amide bonds. The van der Waals surface area contributed by atoms with Crippen LogP contribution in [0.25, 0.3) is 11.4 Å². The van der Waals surface area contributed by atoms with Crippen molar-refractivity contribution < 1.29 is 14.1 Å². The predicted octanol–water partition coefficient (Wildman–Crippen LogP) is 1.00. The van der Waals surface area contributed by atoms with Crippen LogP contribution < -0.4 is 11.1 Å². The van der Waals surface area contributed by atoms with Crippen molar-refractivity contribution in [1.82, 2.24) is 15.0 Å². The lowest BCUT2D eigenvalue weighted by Crippen LogP contribution is -2.30. The van der Waals surface area contributed by atoms with E-state index in [1.807, 2.05) is 0 Å². The Morgan fingerprint density at radius 2 is 2.29 bits per heavy atom. The van der Waals surface area contributed by atoms with Crippen LogP contribution in [0.3, 0.4) is 0 Å². The zero-order chi connectivity index (χ0) is 17.1. The lowest BCUT2D eigenvalue weighted by atomic mass is 10.1.